The molecule has 16 heavy (non-hydrogen) atoms. The van der Waals surface area contributed by atoms with Gasteiger partial charge < -0.3 is 20.7 Å². The number of pyridine rings is 1. The van der Waals surface area contributed by atoms with Crippen LogP contribution in [-0.4, -0.2) is 34.4 Å². The maximum absolute atomic E-state index is 11.0. The van der Waals surface area contributed by atoms with Crippen molar-refractivity contribution >= 4 is 23.3 Å². The Bertz CT molecular complexity index is 399. The van der Waals surface area contributed by atoms with Gasteiger partial charge in [-0.15, -0.1) is 0 Å². The molecule has 0 amide bonds. The first-order valence-electron chi connectivity index (χ1n) is 4.32. The summed E-state index contributed by atoms with van der Waals surface area (Å²) in [6, 6.07) is 1.36. The van der Waals surface area contributed by atoms with Crippen molar-refractivity contribution in [1.29, 1.82) is 0 Å². The number of esters is 1. The Hall–Kier alpha value is -1.37. The standard InChI is InChI=1S/C9H11ClN2O4/c1-16-9(15)8(14)7(13)6-5(11)2-4(10)3-12-6/h2-3,7-8,13-14H,11H2,1H3. The maximum Gasteiger partial charge on any atom is 0.337 e. The van der Waals surface area contributed by atoms with Crippen LogP contribution in [0.25, 0.3) is 0 Å². The Kier molecular flexibility index (Phi) is 4.05. The molecule has 0 spiro atoms. The van der Waals surface area contributed by atoms with Crippen molar-refractivity contribution in [3.8, 4) is 0 Å². The third-order valence-corrected chi connectivity index (χ3v) is 2.14. The van der Waals surface area contributed by atoms with E-state index >= 15 is 0 Å². The highest BCUT2D eigenvalue weighted by Crippen LogP contribution is 2.23. The molecule has 1 aromatic rings. The lowest BCUT2D eigenvalue weighted by Gasteiger charge is -2.16. The molecule has 88 valence electrons. The molecule has 0 saturated carbocycles. The van der Waals surface area contributed by atoms with E-state index in [0.717, 1.165) is 7.11 Å². The number of aliphatic hydroxyl groups is 2. The lowest BCUT2D eigenvalue weighted by Crippen LogP contribution is -2.30. The van der Waals surface area contributed by atoms with Crippen molar-refractivity contribution in [2.75, 3.05) is 12.8 Å². The zero-order chi connectivity index (χ0) is 12.3. The van der Waals surface area contributed by atoms with Crippen molar-refractivity contribution in [2.45, 2.75) is 12.2 Å². The summed E-state index contributed by atoms with van der Waals surface area (Å²) in [5.74, 6) is -0.969. The van der Waals surface area contributed by atoms with Gasteiger partial charge in [0.05, 0.1) is 23.5 Å². The summed E-state index contributed by atoms with van der Waals surface area (Å²) in [5, 5.41) is 19.3. The number of halogens is 1. The normalized spacial score (nSPS) is 14.2. The summed E-state index contributed by atoms with van der Waals surface area (Å²) < 4.78 is 4.27. The topological polar surface area (TPSA) is 106 Å². The van der Waals surface area contributed by atoms with Gasteiger partial charge in [-0.25, -0.2) is 4.79 Å². The molecule has 0 aliphatic carbocycles. The molecule has 2 atom stereocenters. The Morgan fingerprint density at radius 1 is 1.62 bits per heavy atom. The van der Waals surface area contributed by atoms with Gasteiger partial charge in [0.25, 0.3) is 0 Å². The van der Waals surface area contributed by atoms with Crippen molar-refractivity contribution in [3.63, 3.8) is 0 Å². The molecule has 4 N–H and O–H groups in total. The zero-order valence-corrected chi connectivity index (χ0v) is 9.18. The molecule has 0 saturated heterocycles. The van der Waals surface area contributed by atoms with E-state index in [0.29, 0.717) is 5.02 Å². The molecule has 2 unspecified atom stereocenters. The average molecular weight is 247 g/mol. The van der Waals surface area contributed by atoms with Crippen LogP contribution in [-0.2, 0) is 9.53 Å². The van der Waals surface area contributed by atoms with Crippen molar-refractivity contribution in [2.24, 2.45) is 0 Å². The number of nitrogen functional groups attached to an aromatic ring is 1. The molecule has 0 radical (unpaired) electrons. The van der Waals surface area contributed by atoms with Crippen molar-refractivity contribution in [1.82, 2.24) is 4.98 Å². The third kappa shape index (κ3) is 2.60. The second-order valence-corrected chi connectivity index (χ2v) is 3.48. The van der Waals surface area contributed by atoms with E-state index in [1.54, 1.807) is 0 Å². The molecular weight excluding hydrogens is 236 g/mol. The fourth-order valence-electron chi connectivity index (χ4n) is 1.11. The van der Waals surface area contributed by atoms with E-state index in [4.69, 9.17) is 17.3 Å². The fraction of sp³-hybridized carbons (Fsp3) is 0.333. The molecule has 0 aliphatic rings. The SMILES string of the molecule is COC(=O)C(O)C(O)c1ncc(Cl)cc1N. The van der Waals surface area contributed by atoms with Gasteiger partial charge in [-0.3, -0.25) is 4.98 Å². The largest absolute Gasteiger partial charge is 0.467 e. The first kappa shape index (κ1) is 12.7. The van der Waals surface area contributed by atoms with Crippen LogP contribution in [0.5, 0.6) is 0 Å². The van der Waals surface area contributed by atoms with Gasteiger partial charge in [-0.05, 0) is 6.07 Å². The van der Waals surface area contributed by atoms with Gasteiger partial charge >= 0.3 is 5.97 Å². The monoisotopic (exact) mass is 246 g/mol. The summed E-state index contributed by atoms with van der Waals surface area (Å²) in [5.41, 5.74) is 5.59. The summed E-state index contributed by atoms with van der Waals surface area (Å²) in [4.78, 5) is 14.7. The predicted molar refractivity (Wildman–Crippen MR) is 56.6 cm³/mol. The van der Waals surface area contributed by atoms with E-state index in [9.17, 15) is 15.0 Å². The number of hydrogen-bond acceptors (Lipinski definition) is 6. The van der Waals surface area contributed by atoms with Crippen LogP contribution >= 0.6 is 11.6 Å². The molecule has 6 nitrogen and oxygen atoms in total. The van der Waals surface area contributed by atoms with E-state index in [1.807, 2.05) is 0 Å². The minimum atomic E-state index is -1.74. The third-order valence-electron chi connectivity index (χ3n) is 1.94. The number of aliphatic hydroxyl groups excluding tert-OH is 2. The molecule has 1 aromatic heterocycles. The molecule has 1 heterocycles. The number of nitrogens with two attached hydrogens (primary N) is 1. The number of aromatic nitrogens is 1. The first-order chi connectivity index (χ1) is 7.47. The number of rotatable bonds is 3. The fourth-order valence-corrected chi connectivity index (χ4v) is 1.28. The van der Waals surface area contributed by atoms with Gasteiger partial charge in [0.1, 0.15) is 6.10 Å². The van der Waals surface area contributed by atoms with Crippen LogP contribution in [0.4, 0.5) is 5.69 Å². The van der Waals surface area contributed by atoms with Gasteiger partial charge in [0.15, 0.2) is 6.10 Å². The first-order valence-corrected chi connectivity index (χ1v) is 4.70. The second-order valence-electron chi connectivity index (χ2n) is 3.04. The van der Waals surface area contributed by atoms with Gasteiger partial charge in [-0.1, -0.05) is 11.6 Å². The second kappa shape index (κ2) is 5.11. The van der Waals surface area contributed by atoms with Gasteiger partial charge in [0, 0.05) is 6.20 Å². The molecule has 7 heteroatoms. The van der Waals surface area contributed by atoms with Crippen LogP contribution in [0.15, 0.2) is 12.3 Å². The number of carbonyl (C=O) groups excluding carboxylic acids is 1. The molecule has 0 fully saturated rings. The van der Waals surface area contributed by atoms with Gasteiger partial charge in [-0.2, -0.15) is 0 Å². The maximum atomic E-state index is 11.0. The van der Waals surface area contributed by atoms with E-state index in [1.165, 1.54) is 12.3 Å². The number of nitrogens with zero attached hydrogens (tertiary/aromatic N) is 1. The minimum Gasteiger partial charge on any atom is -0.467 e. The lowest BCUT2D eigenvalue weighted by atomic mass is 10.1. The predicted octanol–water partition coefficient (Wildman–Crippen LogP) is -0.116. The smallest absolute Gasteiger partial charge is 0.337 e. The molecule has 0 aromatic carbocycles. The number of anilines is 1. The zero-order valence-electron chi connectivity index (χ0n) is 8.42. The highest BCUT2D eigenvalue weighted by Gasteiger charge is 2.28. The number of ether oxygens (including phenoxy) is 1. The van der Waals surface area contributed by atoms with Crippen molar-refractivity contribution < 1.29 is 19.7 Å². The summed E-state index contributed by atoms with van der Waals surface area (Å²) in [7, 11) is 1.09. The highest BCUT2D eigenvalue weighted by atomic mass is 35.5. The van der Waals surface area contributed by atoms with Crippen LogP contribution < -0.4 is 5.73 Å². The number of hydrogen-bond donors (Lipinski definition) is 3. The van der Waals surface area contributed by atoms with E-state index in [2.05, 4.69) is 9.72 Å². The quantitative estimate of drug-likeness (QED) is 0.643. The molecule has 1 rings (SSSR count). The Balaban J connectivity index is 2.96. The van der Waals surface area contributed by atoms with Crippen LogP contribution in [0.2, 0.25) is 5.02 Å². The van der Waals surface area contributed by atoms with Crippen LogP contribution in [0.3, 0.4) is 0 Å². The van der Waals surface area contributed by atoms with E-state index < -0.39 is 18.2 Å². The Labute approximate surface area is 96.6 Å². The molecule has 0 aliphatic heterocycles. The van der Waals surface area contributed by atoms with Crippen LogP contribution in [0.1, 0.15) is 11.8 Å². The summed E-state index contributed by atoms with van der Waals surface area (Å²) >= 11 is 5.61. The summed E-state index contributed by atoms with van der Waals surface area (Å²) in [6.07, 6.45) is -2.04. The minimum absolute atomic E-state index is 0.0256. The average Bonchev–Trinajstić information content (AvgIpc) is 2.26. The Morgan fingerprint density at radius 2 is 2.25 bits per heavy atom. The van der Waals surface area contributed by atoms with Crippen LogP contribution in [0, 0.1) is 0 Å². The molecule has 0 bridgehead atoms. The molecular formula is C9H11ClN2O4. The lowest BCUT2D eigenvalue weighted by molar-refractivity contribution is -0.156. The summed E-state index contributed by atoms with van der Waals surface area (Å²) in [6.45, 7) is 0. The Morgan fingerprint density at radius 3 is 2.75 bits per heavy atom. The van der Waals surface area contributed by atoms with E-state index in [-0.39, 0.29) is 11.4 Å². The van der Waals surface area contributed by atoms with Crippen molar-refractivity contribution in [3.05, 3.63) is 23.0 Å². The number of carbonyl (C=O) groups is 1. The highest BCUT2D eigenvalue weighted by molar-refractivity contribution is 6.30. The van der Waals surface area contributed by atoms with Gasteiger partial charge in [0.2, 0.25) is 0 Å². The number of methoxy groups -OCH3 is 1.